The molecular formula is C16H32N2O3. The number of morpholine rings is 1. The van der Waals surface area contributed by atoms with Crippen molar-refractivity contribution in [3.63, 3.8) is 0 Å². The molecule has 2 rings (SSSR count). The molecular weight excluding hydrogens is 268 g/mol. The Morgan fingerprint density at radius 3 is 2.33 bits per heavy atom. The second-order valence-electron chi connectivity index (χ2n) is 6.83. The Kier molecular flexibility index (Phi) is 6.89. The SMILES string of the molecule is COC[C@@H](O)CN1CCC(CN2C[C@@H](C)O[C@H](C)C2)CC1. The molecule has 2 fully saturated rings. The molecule has 21 heavy (non-hydrogen) atoms. The lowest BCUT2D eigenvalue weighted by Gasteiger charge is -2.39. The van der Waals surface area contributed by atoms with Gasteiger partial charge in [0, 0.05) is 33.3 Å². The molecule has 2 aliphatic heterocycles. The minimum Gasteiger partial charge on any atom is -0.389 e. The fourth-order valence-corrected chi connectivity index (χ4v) is 3.69. The standard InChI is InChI=1S/C16H32N2O3/c1-13-8-18(9-14(2)21-13)10-15-4-6-17(7-5-15)11-16(19)12-20-3/h13-16,19H,4-12H2,1-3H3/t13-,14-,16+/m1/s1. The maximum Gasteiger partial charge on any atom is 0.0900 e. The van der Waals surface area contributed by atoms with E-state index in [0.29, 0.717) is 18.8 Å². The highest BCUT2D eigenvalue weighted by Crippen LogP contribution is 2.21. The highest BCUT2D eigenvalue weighted by Gasteiger charge is 2.27. The molecule has 0 unspecified atom stereocenters. The average molecular weight is 300 g/mol. The zero-order chi connectivity index (χ0) is 15.2. The van der Waals surface area contributed by atoms with Crippen LogP contribution in [0.25, 0.3) is 0 Å². The third kappa shape index (κ3) is 5.83. The Morgan fingerprint density at radius 2 is 1.76 bits per heavy atom. The molecule has 0 bridgehead atoms. The van der Waals surface area contributed by atoms with E-state index in [1.54, 1.807) is 7.11 Å². The highest BCUT2D eigenvalue weighted by atomic mass is 16.5. The quantitative estimate of drug-likeness (QED) is 0.787. The second-order valence-corrected chi connectivity index (χ2v) is 6.83. The van der Waals surface area contributed by atoms with Crippen molar-refractivity contribution >= 4 is 0 Å². The monoisotopic (exact) mass is 300 g/mol. The first kappa shape index (κ1) is 17.2. The van der Waals surface area contributed by atoms with Crippen molar-refractivity contribution in [2.24, 2.45) is 5.92 Å². The van der Waals surface area contributed by atoms with E-state index in [1.807, 2.05) is 0 Å². The number of rotatable bonds is 6. The van der Waals surface area contributed by atoms with Crippen LogP contribution >= 0.6 is 0 Å². The van der Waals surface area contributed by atoms with Gasteiger partial charge in [-0.25, -0.2) is 0 Å². The molecule has 1 N–H and O–H groups in total. The third-order valence-corrected chi connectivity index (χ3v) is 4.55. The van der Waals surface area contributed by atoms with Gasteiger partial charge in [0.1, 0.15) is 0 Å². The van der Waals surface area contributed by atoms with Gasteiger partial charge in [-0.15, -0.1) is 0 Å². The maximum absolute atomic E-state index is 9.80. The van der Waals surface area contributed by atoms with Crippen LogP contribution in [0.15, 0.2) is 0 Å². The zero-order valence-electron chi connectivity index (χ0n) is 13.8. The summed E-state index contributed by atoms with van der Waals surface area (Å²) >= 11 is 0. The number of likely N-dealkylation sites (tertiary alicyclic amines) is 1. The largest absolute Gasteiger partial charge is 0.389 e. The number of hydrogen-bond donors (Lipinski definition) is 1. The molecule has 0 radical (unpaired) electrons. The van der Waals surface area contributed by atoms with E-state index in [-0.39, 0.29) is 6.10 Å². The van der Waals surface area contributed by atoms with Gasteiger partial charge in [-0.3, -0.25) is 4.90 Å². The molecule has 0 amide bonds. The summed E-state index contributed by atoms with van der Waals surface area (Å²) < 4.78 is 10.8. The predicted octanol–water partition coefficient (Wildman–Crippen LogP) is 0.815. The molecule has 5 heteroatoms. The van der Waals surface area contributed by atoms with Crippen LogP contribution in [-0.2, 0) is 9.47 Å². The molecule has 5 nitrogen and oxygen atoms in total. The number of nitrogens with zero attached hydrogens (tertiary/aromatic N) is 2. The van der Waals surface area contributed by atoms with Crippen LogP contribution in [0.2, 0.25) is 0 Å². The molecule has 2 saturated heterocycles. The molecule has 124 valence electrons. The summed E-state index contributed by atoms with van der Waals surface area (Å²) in [7, 11) is 1.64. The average Bonchev–Trinajstić information content (AvgIpc) is 2.40. The van der Waals surface area contributed by atoms with E-state index in [4.69, 9.17) is 9.47 Å². The fourth-order valence-electron chi connectivity index (χ4n) is 3.69. The van der Waals surface area contributed by atoms with Gasteiger partial charge < -0.3 is 19.5 Å². The fraction of sp³-hybridized carbons (Fsp3) is 1.00. The Bertz CT molecular complexity index is 285. The van der Waals surface area contributed by atoms with Gasteiger partial charge in [0.25, 0.3) is 0 Å². The summed E-state index contributed by atoms with van der Waals surface area (Å²) in [6.07, 6.45) is 2.84. The van der Waals surface area contributed by atoms with E-state index in [9.17, 15) is 5.11 Å². The number of piperidine rings is 1. The van der Waals surface area contributed by atoms with Crippen LogP contribution in [0.3, 0.4) is 0 Å². The molecule has 0 aromatic heterocycles. The van der Waals surface area contributed by atoms with Crippen LogP contribution in [0.4, 0.5) is 0 Å². The number of ether oxygens (including phenoxy) is 2. The molecule has 3 atom stereocenters. The Labute approximate surface area is 129 Å². The Morgan fingerprint density at radius 1 is 1.14 bits per heavy atom. The minimum atomic E-state index is -0.354. The Balaban J connectivity index is 1.67. The van der Waals surface area contributed by atoms with Crippen LogP contribution in [0.5, 0.6) is 0 Å². The normalized spacial score (nSPS) is 31.4. The first-order valence-electron chi connectivity index (χ1n) is 8.34. The van der Waals surface area contributed by atoms with E-state index >= 15 is 0 Å². The smallest absolute Gasteiger partial charge is 0.0900 e. The van der Waals surface area contributed by atoms with Crippen molar-refractivity contribution in [2.75, 3.05) is 53.0 Å². The van der Waals surface area contributed by atoms with Crippen molar-refractivity contribution in [1.82, 2.24) is 9.80 Å². The van der Waals surface area contributed by atoms with E-state index in [1.165, 1.54) is 19.4 Å². The molecule has 0 spiro atoms. The second kappa shape index (κ2) is 8.44. The van der Waals surface area contributed by atoms with Crippen LogP contribution in [0.1, 0.15) is 26.7 Å². The summed E-state index contributed by atoms with van der Waals surface area (Å²) in [6.45, 7) is 11.0. The van der Waals surface area contributed by atoms with Gasteiger partial charge in [-0.2, -0.15) is 0 Å². The van der Waals surface area contributed by atoms with Crippen LogP contribution < -0.4 is 0 Å². The molecule has 2 aliphatic rings. The van der Waals surface area contributed by atoms with Crippen LogP contribution in [-0.4, -0.2) is 86.2 Å². The third-order valence-electron chi connectivity index (χ3n) is 4.55. The summed E-state index contributed by atoms with van der Waals surface area (Å²) in [6, 6.07) is 0. The zero-order valence-corrected chi connectivity index (χ0v) is 13.8. The Hall–Kier alpha value is -0.200. The van der Waals surface area contributed by atoms with Crippen molar-refractivity contribution in [3.05, 3.63) is 0 Å². The number of β-amino-alcohol motifs (C(OH)–C–C–N with tert-alkyl or cyclic N) is 1. The lowest BCUT2D eigenvalue weighted by molar-refractivity contribution is -0.0735. The number of aliphatic hydroxyl groups excluding tert-OH is 1. The molecule has 0 aromatic rings. The van der Waals surface area contributed by atoms with Crippen molar-refractivity contribution < 1.29 is 14.6 Å². The van der Waals surface area contributed by atoms with Crippen LogP contribution in [0, 0.1) is 5.92 Å². The number of methoxy groups -OCH3 is 1. The minimum absolute atomic E-state index is 0.354. The topological polar surface area (TPSA) is 45.2 Å². The van der Waals surface area contributed by atoms with Gasteiger partial charge in [0.15, 0.2) is 0 Å². The molecule has 0 aromatic carbocycles. The summed E-state index contributed by atoms with van der Waals surface area (Å²) in [4.78, 5) is 4.93. The molecule has 0 aliphatic carbocycles. The van der Waals surface area contributed by atoms with Gasteiger partial charge >= 0.3 is 0 Å². The van der Waals surface area contributed by atoms with Gasteiger partial charge in [-0.05, 0) is 45.7 Å². The lowest BCUT2D eigenvalue weighted by atomic mass is 9.95. The first-order valence-corrected chi connectivity index (χ1v) is 8.34. The highest BCUT2D eigenvalue weighted by molar-refractivity contribution is 4.80. The van der Waals surface area contributed by atoms with E-state index in [0.717, 1.165) is 38.6 Å². The predicted molar refractivity (Wildman–Crippen MR) is 83.5 cm³/mol. The summed E-state index contributed by atoms with van der Waals surface area (Å²) in [5.41, 5.74) is 0. The van der Waals surface area contributed by atoms with Gasteiger partial charge in [0.2, 0.25) is 0 Å². The number of hydrogen-bond acceptors (Lipinski definition) is 5. The van der Waals surface area contributed by atoms with Crippen molar-refractivity contribution in [2.45, 2.75) is 45.0 Å². The van der Waals surface area contributed by atoms with Crippen molar-refractivity contribution in [3.8, 4) is 0 Å². The molecule has 0 saturated carbocycles. The maximum atomic E-state index is 9.80. The molecule has 2 heterocycles. The number of aliphatic hydroxyl groups is 1. The summed E-state index contributed by atoms with van der Waals surface area (Å²) in [5, 5.41) is 9.80. The summed E-state index contributed by atoms with van der Waals surface area (Å²) in [5.74, 6) is 0.790. The van der Waals surface area contributed by atoms with Gasteiger partial charge in [-0.1, -0.05) is 0 Å². The van der Waals surface area contributed by atoms with E-state index in [2.05, 4.69) is 23.6 Å². The first-order chi connectivity index (χ1) is 10.1. The van der Waals surface area contributed by atoms with Gasteiger partial charge in [0.05, 0.1) is 24.9 Å². The van der Waals surface area contributed by atoms with Crippen molar-refractivity contribution in [1.29, 1.82) is 0 Å². The van der Waals surface area contributed by atoms with E-state index < -0.39 is 0 Å². The lowest BCUT2D eigenvalue weighted by Crippen LogP contribution is -2.48.